The first kappa shape index (κ1) is 19.6. The van der Waals surface area contributed by atoms with Crippen molar-refractivity contribution in [3.8, 4) is 17.2 Å². The molecule has 1 unspecified atom stereocenters. The van der Waals surface area contributed by atoms with Gasteiger partial charge in [0.05, 0.1) is 19.6 Å². The third-order valence-corrected chi connectivity index (χ3v) is 5.55. The lowest BCUT2D eigenvalue weighted by atomic mass is 10.0. The maximum atomic E-state index is 12.6. The van der Waals surface area contributed by atoms with Gasteiger partial charge in [0, 0.05) is 6.54 Å². The summed E-state index contributed by atoms with van der Waals surface area (Å²) in [7, 11) is 1.67. The minimum absolute atomic E-state index is 0.0133. The number of amides is 1. The van der Waals surface area contributed by atoms with E-state index in [4.69, 9.17) is 14.2 Å². The molecule has 154 valence electrons. The molecule has 2 aliphatic rings. The predicted octanol–water partition coefficient (Wildman–Crippen LogP) is 2.96. The highest BCUT2D eigenvalue weighted by Gasteiger charge is 2.24. The second kappa shape index (κ2) is 9.18. The van der Waals surface area contributed by atoms with Gasteiger partial charge in [0.2, 0.25) is 5.91 Å². The lowest BCUT2D eigenvalue weighted by Crippen LogP contribution is -2.37. The van der Waals surface area contributed by atoms with E-state index in [-0.39, 0.29) is 11.9 Å². The lowest BCUT2D eigenvalue weighted by Gasteiger charge is -2.28. The molecule has 1 atom stereocenters. The summed E-state index contributed by atoms with van der Waals surface area (Å²) in [5, 5.41) is 3.13. The largest absolute Gasteiger partial charge is 0.497 e. The second-order valence-corrected chi connectivity index (χ2v) is 7.49. The van der Waals surface area contributed by atoms with E-state index < -0.39 is 0 Å². The van der Waals surface area contributed by atoms with E-state index in [1.807, 2.05) is 30.3 Å². The summed E-state index contributed by atoms with van der Waals surface area (Å²) in [4.78, 5) is 15.1. The highest BCUT2D eigenvalue weighted by molar-refractivity contribution is 5.78. The Morgan fingerprint density at radius 1 is 1.07 bits per heavy atom. The molecule has 6 heteroatoms. The number of hydrogen-bond donors (Lipinski definition) is 1. The molecule has 2 aromatic carbocycles. The van der Waals surface area contributed by atoms with Gasteiger partial charge in [-0.3, -0.25) is 9.69 Å². The zero-order chi connectivity index (χ0) is 20.1. The summed E-state index contributed by atoms with van der Waals surface area (Å²) < 4.78 is 16.4. The maximum Gasteiger partial charge on any atom is 0.224 e. The number of hydrogen-bond acceptors (Lipinski definition) is 5. The van der Waals surface area contributed by atoms with Crippen LogP contribution in [0.3, 0.4) is 0 Å². The Morgan fingerprint density at radius 2 is 1.79 bits per heavy atom. The van der Waals surface area contributed by atoms with Crippen molar-refractivity contribution >= 4 is 5.91 Å². The van der Waals surface area contributed by atoms with Crippen LogP contribution in [0.2, 0.25) is 0 Å². The van der Waals surface area contributed by atoms with Crippen molar-refractivity contribution in [2.45, 2.75) is 25.3 Å². The molecule has 0 aliphatic carbocycles. The molecule has 1 N–H and O–H groups in total. The summed E-state index contributed by atoms with van der Waals surface area (Å²) >= 11 is 0. The van der Waals surface area contributed by atoms with Gasteiger partial charge in [0.15, 0.2) is 11.5 Å². The number of likely N-dealkylation sites (tertiary alicyclic amines) is 1. The maximum absolute atomic E-state index is 12.6. The summed E-state index contributed by atoms with van der Waals surface area (Å²) in [6, 6.07) is 14.0. The molecule has 0 bridgehead atoms. The van der Waals surface area contributed by atoms with Crippen LogP contribution in [0.15, 0.2) is 42.5 Å². The summed E-state index contributed by atoms with van der Waals surface area (Å²) in [5.41, 5.74) is 2.13. The molecule has 1 amide bonds. The highest BCUT2D eigenvalue weighted by Crippen LogP contribution is 2.31. The fourth-order valence-electron chi connectivity index (χ4n) is 3.99. The Kier molecular flexibility index (Phi) is 6.20. The topological polar surface area (TPSA) is 60.0 Å². The Balaban J connectivity index is 1.39. The fourth-order valence-corrected chi connectivity index (χ4v) is 3.99. The van der Waals surface area contributed by atoms with Crippen molar-refractivity contribution in [1.29, 1.82) is 0 Å². The SMILES string of the molecule is COc1ccc(C(CNC(=O)Cc2ccc3c(c2)OCCO3)N2CCCC2)cc1. The van der Waals surface area contributed by atoms with Crippen molar-refractivity contribution in [3.05, 3.63) is 53.6 Å². The van der Waals surface area contributed by atoms with Crippen molar-refractivity contribution in [3.63, 3.8) is 0 Å². The van der Waals surface area contributed by atoms with Crippen LogP contribution in [0.5, 0.6) is 17.2 Å². The minimum atomic E-state index is 0.0133. The number of nitrogens with one attached hydrogen (secondary N) is 1. The van der Waals surface area contributed by atoms with Crippen LogP contribution < -0.4 is 19.5 Å². The van der Waals surface area contributed by atoms with Crippen LogP contribution in [-0.4, -0.2) is 50.8 Å². The monoisotopic (exact) mass is 396 g/mol. The number of carbonyl (C=O) groups excluding carboxylic acids is 1. The van der Waals surface area contributed by atoms with Crippen LogP contribution >= 0.6 is 0 Å². The Labute approximate surface area is 171 Å². The molecule has 0 aromatic heterocycles. The zero-order valence-corrected chi connectivity index (χ0v) is 16.9. The lowest BCUT2D eigenvalue weighted by molar-refractivity contribution is -0.120. The fraction of sp³-hybridized carbons (Fsp3) is 0.435. The normalized spacial score (nSPS) is 17.0. The first-order valence-electron chi connectivity index (χ1n) is 10.3. The van der Waals surface area contributed by atoms with Gasteiger partial charge in [0.1, 0.15) is 19.0 Å². The number of ether oxygens (including phenoxy) is 3. The van der Waals surface area contributed by atoms with Gasteiger partial charge >= 0.3 is 0 Å². The Hall–Kier alpha value is -2.73. The molecule has 6 nitrogen and oxygen atoms in total. The molecule has 2 aliphatic heterocycles. The number of methoxy groups -OCH3 is 1. The molecule has 1 saturated heterocycles. The smallest absolute Gasteiger partial charge is 0.224 e. The van der Waals surface area contributed by atoms with Crippen LogP contribution in [0.1, 0.15) is 30.0 Å². The number of carbonyl (C=O) groups is 1. The number of rotatable bonds is 7. The third-order valence-electron chi connectivity index (χ3n) is 5.55. The van der Waals surface area contributed by atoms with Gasteiger partial charge < -0.3 is 19.5 Å². The molecule has 4 rings (SSSR count). The molecule has 1 fully saturated rings. The molecule has 0 saturated carbocycles. The predicted molar refractivity (Wildman–Crippen MR) is 111 cm³/mol. The molecule has 2 aromatic rings. The number of fused-ring (bicyclic) bond motifs is 1. The van der Waals surface area contributed by atoms with E-state index in [1.165, 1.54) is 18.4 Å². The van der Waals surface area contributed by atoms with E-state index in [9.17, 15) is 4.79 Å². The molecule has 29 heavy (non-hydrogen) atoms. The molecule has 0 radical (unpaired) electrons. The standard InChI is InChI=1S/C23H28N2O4/c1-27-19-7-5-18(6-8-19)20(25-10-2-3-11-25)16-24-23(26)15-17-4-9-21-22(14-17)29-13-12-28-21/h4-9,14,20H,2-3,10-13,15-16H2,1H3,(H,24,26). The van der Waals surface area contributed by atoms with E-state index in [0.717, 1.165) is 35.9 Å². The first-order valence-corrected chi connectivity index (χ1v) is 10.3. The second-order valence-electron chi connectivity index (χ2n) is 7.49. The van der Waals surface area contributed by atoms with Crippen LogP contribution in [-0.2, 0) is 11.2 Å². The van der Waals surface area contributed by atoms with Crippen LogP contribution in [0, 0.1) is 0 Å². The first-order chi connectivity index (χ1) is 14.2. The van der Waals surface area contributed by atoms with Gasteiger partial charge in [-0.1, -0.05) is 18.2 Å². The third kappa shape index (κ3) is 4.82. The van der Waals surface area contributed by atoms with Crippen molar-refractivity contribution in [1.82, 2.24) is 10.2 Å². The zero-order valence-electron chi connectivity index (χ0n) is 16.9. The van der Waals surface area contributed by atoms with Crippen molar-refractivity contribution in [2.75, 3.05) is 40.0 Å². The van der Waals surface area contributed by atoms with Crippen LogP contribution in [0.4, 0.5) is 0 Å². The summed E-state index contributed by atoms with van der Waals surface area (Å²) in [5.74, 6) is 2.32. The average molecular weight is 396 g/mol. The Bertz CT molecular complexity index is 831. The molecule has 2 heterocycles. The molecular formula is C23H28N2O4. The molecule has 0 spiro atoms. The van der Waals surface area contributed by atoms with Gasteiger partial charge in [-0.25, -0.2) is 0 Å². The van der Waals surface area contributed by atoms with Gasteiger partial charge in [-0.2, -0.15) is 0 Å². The number of nitrogens with zero attached hydrogens (tertiary/aromatic N) is 1. The number of benzene rings is 2. The van der Waals surface area contributed by atoms with Crippen molar-refractivity contribution < 1.29 is 19.0 Å². The van der Waals surface area contributed by atoms with Crippen LogP contribution in [0.25, 0.3) is 0 Å². The van der Waals surface area contributed by atoms with Gasteiger partial charge in [0.25, 0.3) is 0 Å². The van der Waals surface area contributed by atoms with Crippen molar-refractivity contribution in [2.24, 2.45) is 0 Å². The highest BCUT2D eigenvalue weighted by atomic mass is 16.6. The van der Waals surface area contributed by atoms with E-state index >= 15 is 0 Å². The van der Waals surface area contributed by atoms with E-state index in [1.54, 1.807) is 7.11 Å². The van der Waals surface area contributed by atoms with Gasteiger partial charge in [-0.05, 0) is 61.3 Å². The van der Waals surface area contributed by atoms with E-state index in [2.05, 4.69) is 22.3 Å². The van der Waals surface area contributed by atoms with Gasteiger partial charge in [-0.15, -0.1) is 0 Å². The summed E-state index contributed by atoms with van der Waals surface area (Å²) in [6.45, 7) is 3.83. The average Bonchev–Trinajstić information content (AvgIpc) is 3.29. The van der Waals surface area contributed by atoms with E-state index in [0.29, 0.717) is 26.2 Å². The molecular weight excluding hydrogens is 368 g/mol. The summed E-state index contributed by atoms with van der Waals surface area (Å²) in [6.07, 6.45) is 2.74. The Morgan fingerprint density at radius 3 is 2.52 bits per heavy atom. The quantitative estimate of drug-likeness (QED) is 0.780. The minimum Gasteiger partial charge on any atom is -0.497 e.